The molecule has 4 rings (SSSR count). The van der Waals surface area contributed by atoms with E-state index in [1.807, 2.05) is 58.3 Å². The Morgan fingerprint density at radius 3 is 2.45 bits per heavy atom. The molecule has 0 saturated carbocycles. The molecule has 2 aliphatic rings. The van der Waals surface area contributed by atoms with Gasteiger partial charge >= 0.3 is 6.03 Å². The Morgan fingerprint density at radius 2 is 1.71 bits per heavy atom. The van der Waals surface area contributed by atoms with Crippen molar-refractivity contribution in [1.29, 1.82) is 0 Å². The Balaban J connectivity index is 1.20. The molecule has 0 bridgehead atoms. The number of urea groups is 1. The highest BCUT2D eigenvalue weighted by Crippen LogP contribution is 2.23. The van der Waals surface area contributed by atoms with E-state index in [0.29, 0.717) is 12.3 Å². The number of piperidine rings is 1. The number of aromatic nitrogens is 1. The summed E-state index contributed by atoms with van der Waals surface area (Å²) < 4.78 is 0. The van der Waals surface area contributed by atoms with Crippen LogP contribution in [0, 0.1) is 5.92 Å². The molecular formula is C24H31N5O2. The van der Waals surface area contributed by atoms with Crippen LogP contribution in [0.2, 0.25) is 0 Å². The highest BCUT2D eigenvalue weighted by Gasteiger charge is 2.26. The van der Waals surface area contributed by atoms with Crippen LogP contribution >= 0.6 is 0 Å². The largest absolute Gasteiger partial charge is 0.353 e. The van der Waals surface area contributed by atoms with Gasteiger partial charge in [-0.05, 0) is 49.4 Å². The number of piperazine rings is 1. The second-order valence-electron chi connectivity index (χ2n) is 8.34. The van der Waals surface area contributed by atoms with E-state index in [-0.39, 0.29) is 11.9 Å². The summed E-state index contributed by atoms with van der Waals surface area (Å²) in [4.78, 5) is 35.8. The molecule has 7 nitrogen and oxygen atoms in total. The molecule has 1 aromatic heterocycles. The molecule has 1 aromatic carbocycles. The van der Waals surface area contributed by atoms with Gasteiger partial charge in [-0.3, -0.25) is 4.79 Å². The van der Waals surface area contributed by atoms with Gasteiger partial charge in [0, 0.05) is 57.6 Å². The SMILES string of the molecule is O=C(CC[C@H]1CCCN(C(=O)Nc2ccccc2)C1)N1CCN(c2ccccn2)CC1. The smallest absolute Gasteiger partial charge is 0.321 e. The molecule has 1 atom stereocenters. The molecule has 2 fully saturated rings. The van der Waals surface area contributed by atoms with Gasteiger partial charge in [-0.2, -0.15) is 0 Å². The van der Waals surface area contributed by atoms with Gasteiger partial charge in [-0.25, -0.2) is 9.78 Å². The predicted octanol–water partition coefficient (Wildman–Crippen LogP) is 3.45. The number of para-hydroxylation sites is 1. The van der Waals surface area contributed by atoms with Crippen molar-refractivity contribution in [2.24, 2.45) is 5.92 Å². The van der Waals surface area contributed by atoms with Gasteiger partial charge in [0.05, 0.1) is 0 Å². The van der Waals surface area contributed by atoms with Gasteiger partial charge in [0.15, 0.2) is 0 Å². The number of nitrogens with zero attached hydrogens (tertiary/aromatic N) is 4. The fourth-order valence-electron chi connectivity index (χ4n) is 4.42. The summed E-state index contributed by atoms with van der Waals surface area (Å²) in [7, 11) is 0. The Hall–Kier alpha value is -3.09. The first-order valence-electron chi connectivity index (χ1n) is 11.2. The van der Waals surface area contributed by atoms with E-state index in [4.69, 9.17) is 0 Å². The third-order valence-electron chi connectivity index (χ3n) is 6.20. The summed E-state index contributed by atoms with van der Waals surface area (Å²) in [6.45, 7) is 4.62. The van der Waals surface area contributed by atoms with Crippen molar-refractivity contribution >= 4 is 23.4 Å². The fourth-order valence-corrected chi connectivity index (χ4v) is 4.42. The number of pyridine rings is 1. The van der Waals surface area contributed by atoms with Crippen LogP contribution in [0.5, 0.6) is 0 Å². The number of nitrogens with one attached hydrogen (secondary N) is 1. The van der Waals surface area contributed by atoms with E-state index in [2.05, 4.69) is 15.2 Å². The van der Waals surface area contributed by atoms with Crippen LogP contribution in [0.15, 0.2) is 54.7 Å². The Morgan fingerprint density at radius 1 is 0.935 bits per heavy atom. The molecule has 164 valence electrons. The Kier molecular flexibility index (Phi) is 7.02. The highest BCUT2D eigenvalue weighted by molar-refractivity contribution is 5.89. The second kappa shape index (κ2) is 10.3. The monoisotopic (exact) mass is 421 g/mol. The molecule has 0 unspecified atom stereocenters. The number of rotatable bonds is 5. The minimum atomic E-state index is -0.0483. The maximum atomic E-state index is 12.7. The van der Waals surface area contributed by atoms with Gasteiger partial charge < -0.3 is 20.0 Å². The number of hydrogen-bond acceptors (Lipinski definition) is 4. The van der Waals surface area contributed by atoms with E-state index in [0.717, 1.165) is 70.0 Å². The standard InChI is InChI=1S/C24H31N5O2/c30-23(28-17-15-27(16-18-28)22-10-4-5-13-25-22)12-11-20-7-6-14-29(19-20)24(31)26-21-8-2-1-3-9-21/h1-5,8-10,13,20H,6-7,11-12,14-19H2,(H,26,31)/t20-/m1/s1. The average molecular weight is 422 g/mol. The number of benzene rings is 1. The molecule has 0 spiro atoms. The van der Waals surface area contributed by atoms with Gasteiger partial charge in [0.25, 0.3) is 0 Å². The molecule has 2 aromatic rings. The lowest BCUT2D eigenvalue weighted by Gasteiger charge is -2.36. The van der Waals surface area contributed by atoms with Crippen molar-refractivity contribution in [2.75, 3.05) is 49.5 Å². The van der Waals surface area contributed by atoms with Gasteiger partial charge in [-0.1, -0.05) is 24.3 Å². The Bertz CT molecular complexity index is 853. The number of carbonyl (C=O) groups is 2. The van der Waals surface area contributed by atoms with Gasteiger partial charge in [0.1, 0.15) is 5.82 Å². The quantitative estimate of drug-likeness (QED) is 0.803. The van der Waals surface area contributed by atoms with Crippen LogP contribution in [-0.4, -0.2) is 66.0 Å². The highest BCUT2D eigenvalue weighted by atomic mass is 16.2. The van der Waals surface area contributed by atoms with Crippen molar-refractivity contribution in [2.45, 2.75) is 25.7 Å². The lowest BCUT2D eigenvalue weighted by molar-refractivity contribution is -0.131. The van der Waals surface area contributed by atoms with Crippen molar-refractivity contribution in [3.05, 3.63) is 54.7 Å². The first kappa shape index (κ1) is 21.2. The molecule has 1 N–H and O–H groups in total. The first-order chi connectivity index (χ1) is 15.2. The maximum absolute atomic E-state index is 12.7. The van der Waals surface area contributed by atoms with E-state index < -0.39 is 0 Å². The van der Waals surface area contributed by atoms with Gasteiger partial charge in [0.2, 0.25) is 5.91 Å². The minimum absolute atomic E-state index is 0.0483. The van der Waals surface area contributed by atoms with Crippen molar-refractivity contribution in [3.63, 3.8) is 0 Å². The summed E-state index contributed by atoms with van der Waals surface area (Å²) in [6, 6.07) is 15.4. The topological polar surface area (TPSA) is 68.8 Å². The summed E-state index contributed by atoms with van der Waals surface area (Å²) in [6.07, 6.45) is 5.27. The van der Waals surface area contributed by atoms with E-state index in [1.54, 1.807) is 6.20 Å². The zero-order chi connectivity index (χ0) is 21.5. The van der Waals surface area contributed by atoms with Crippen LogP contribution in [-0.2, 0) is 4.79 Å². The van der Waals surface area contributed by atoms with Crippen molar-refractivity contribution in [3.8, 4) is 0 Å². The van der Waals surface area contributed by atoms with Crippen molar-refractivity contribution in [1.82, 2.24) is 14.8 Å². The molecule has 0 aliphatic carbocycles. The number of amides is 3. The van der Waals surface area contributed by atoms with Gasteiger partial charge in [-0.15, -0.1) is 0 Å². The summed E-state index contributed by atoms with van der Waals surface area (Å²) in [5.41, 5.74) is 0.814. The minimum Gasteiger partial charge on any atom is -0.353 e. The summed E-state index contributed by atoms with van der Waals surface area (Å²) in [5, 5.41) is 2.97. The first-order valence-corrected chi connectivity index (χ1v) is 11.2. The van der Waals surface area contributed by atoms with Crippen LogP contribution in [0.25, 0.3) is 0 Å². The normalized spacial score (nSPS) is 19.2. The van der Waals surface area contributed by atoms with Crippen LogP contribution in [0.3, 0.4) is 0 Å². The maximum Gasteiger partial charge on any atom is 0.321 e. The van der Waals surface area contributed by atoms with Crippen LogP contribution in [0.1, 0.15) is 25.7 Å². The zero-order valence-corrected chi connectivity index (χ0v) is 17.9. The lowest BCUT2D eigenvalue weighted by atomic mass is 9.93. The van der Waals surface area contributed by atoms with Crippen molar-refractivity contribution < 1.29 is 9.59 Å². The van der Waals surface area contributed by atoms with E-state index in [1.165, 1.54) is 0 Å². The van der Waals surface area contributed by atoms with E-state index >= 15 is 0 Å². The number of hydrogen-bond donors (Lipinski definition) is 1. The number of likely N-dealkylation sites (tertiary alicyclic amines) is 1. The summed E-state index contributed by atoms with van der Waals surface area (Å²) >= 11 is 0. The third-order valence-corrected chi connectivity index (χ3v) is 6.20. The number of anilines is 2. The number of carbonyl (C=O) groups excluding carboxylic acids is 2. The molecule has 7 heteroatoms. The summed E-state index contributed by atoms with van der Waals surface area (Å²) in [5.74, 6) is 1.59. The van der Waals surface area contributed by atoms with E-state index in [9.17, 15) is 9.59 Å². The lowest BCUT2D eigenvalue weighted by Crippen LogP contribution is -2.49. The molecule has 3 amide bonds. The molecule has 31 heavy (non-hydrogen) atoms. The van der Waals surface area contributed by atoms with Crippen LogP contribution in [0.4, 0.5) is 16.3 Å². The van der Waals surface area contributed by atoms with Crippen LogP contribution < -0.4 is 10.2 Å². The molecule has 3 heterocycles. The molecular weight excluding hydrogens is 390 g/mol. The second-order valence-corrected chi connectivity index (χ2v) is 8.34. The predicted molar refractivity (Wildman–Crippen MR) is 122 cm³/mol. The average Bonchev–Trinajstić information content (AvgIpc) is 2.84. The fraction of sp³-hybridized carbons (Fsp3) is 0.458. The molecule has 0 radical (unpaired) electrons. The third kappa shape index (κ3) is 5.75. The zero-order valence-electron chi connectivity index (χ0n) is 17.9. The Labute approximate surface area is 184 Å². The molecule has 2 aliphatic heterocycles. The molecule has 2 saturated heterocycles.